The Morgan fingerprint density at radius 1 is 0.917 bits per heavy atom. The van der Waals surface area contributed by atoms with Crippen LogP contribution in [0.15, 0.2) is 35.9 Å². The van der Waals surface area contributed by atoms with Crippen molar-refractivity contribution in [3.8, 4) is 16.9 Å². The van der Waals surface area contributed by atoms with Crippen LogP contribution in [0.1, 0.15) is 55.9 Å². The number of rotatable bonds is 2. The van der Waals surface area contributed by atoms with Gasteiger partial charge in [-0.05, 0) is 48.9 Å². The number of hydrogen-bond donors (Lipinski definition) is 0. The minimum Gasteiger partial charge on any atom is -0.496 e. The van der Waals surface area contributed by atoms with E-state index in [1.165, 1.54) is 39.0 Å². The average molecular weight is 320 g/mol. The molecule has 0 saturated heterocycles. The van der Waals surface area contributed by atoms with E-state index >= 15 is 0 Å². The predicted molar refractivity (Wildman–Crippen MR) is 104 cm³/mol. The van der Waals surface area contributed by atoms with Gasteiger partial charge in [0, 0.05) is 11.5 Å². The molecule has 0 heterocycles. The van der Waals surface area contributed by atoms with Crippen molar-refractivity contribution >= 4 is 6.08 Å². The minimum atomic E-state index is 0.172. The van der Waals surface area contributed by atoms with Crippen LogP contribution in [0, 0.1) is 19.3 Å². The molecule has 0 N–H and O–H groups in total. The molecule has 2 aromatic rings. The van der Waals surface area contributed by atoms with E-state index in [1.54, 1.807) is 7.11 Å². The number of methoxy groups -OCH3 is 1. The molecule has 1 unspecified atom stereocenters. The zero-order valence-electron chi connectivity index (χ0n) is 15.9. The van der Waals surface area contributed by atoms with Gasteiger partial charge in [-0.1, -0.05) is 67.8 Å². The summed E-state index contributed by atoms with van der Waals surface area (Å²) in [6, 6.07) is 11.1. The number of allylic oxidation sites excluding steroid dienone is 1. The molecule has 1 atom stereocenters. The summed E-state index contributed by atoms with van der Waals surface area (Å²) in [6.07, 6.45) is 2.34. The van der Waals surface area contributed by atoms with E-state index in [0.29, 0.717) is 5.92 Å². The van der Waals surface area contributed by atoms with E-state index in [0.717, 1.165) is 5.75 Å². The quantitative estimate of drug-likeness (QED) is 0.611. The van der Waals surface area contributed by atoms with Gasteiger partial charge in [0.05, 0.1) is 7.11 Å². The van der Waals surface area contributed by atoms with Crippen molar-refractivity contribution in [2.45, 2.75) is 47.5 Å². The van der Waals surface area contributed by atoms with Crippen LogP contribution in [0.2, 0.25) is 0 Å². The lowest BCUT2D eigenvalue weighted by Gasteiger charge is -2.32. The largest absolute Gasteiger partial charge is 0.496 e. The Bertz CT molecular complexity index is 798. The topological polar surface area (TPSA) is 9.23 Å². The lowest BCUT2D eigenvalue weighted by Crippen LogP contribution is -2.18. The molecule has 1 aliphatic carbocycles. The molecule has 0 aliphatic heterocycles. The Morgan fingerprint density at radius 3 is 2.08 bits per heavy atom. The first kappa shape index (κ1) is 16.8. The molecule has 0 bridgehead atoms. The van der Waals surface area contributed by atoms with Gasteiger partial charge in [-0.2, -0.15) is 0 Å². The van der Waals surface area contributed by atoms with E-state index in [1.807, 2.05) is 0 Å². The standard InChI is InChI=1S/C23H28O/c1-14-10-15(2)12-18(11-14)20-19(24-7)9-8-17-13-16(3)22(21(17)20)23(4,5)6/h8-13,22H,1-7H3. The summed E-state index contributed by atoms with van der Waals surface area (Å²) in [5, 5.41) is 0. The summed E-state index contributed by atoms with van der Waals surface area (Å²) in [5.74, 6) is 1.38. The maximum atomic E-state index is 5.78. The smallest absolute Gasteiger partial charge is 0.127 e. The molecule has 1 nitrogen and oxygen atoms in total. The molecule has 0 saturated carbocycles. The van der Waals surface area contributed by atoms with E-state index in [2.05, 4.69) is 78.0 Å². The van der Waals surface area contributed by atoms with Crippen molar-refractivity contribution in [1.82, 2.24) is 0 Å². The van der Waals surface area contributed by atoms with Gasteiger partial charge in [-0.3, -0.25) is 0 Å². The van der Waals surface area contributed by atoms with Gasteiger partial charge in [0.25, 0.3) is 0 Å². The van der Waals surface area contributed by atoms with Gasteiger partial charge in [0.15, 0.2) is 0 Å². The number of fused-ring (bicyclic) bond motifs is 1. The van der Waals surface area contributed by atoms with Crippen LogP contribution in [0.25, 0.3) is 17.2 Å². The number of hydrogen-bond acceptors (Lipinski definition) is 1. The van der Waals surface area contributed by atoms with Crippen molar-refractivity contribution in [3.63, 3.8) is 0 Å². The zero-order chi connectivity index (χ0) is 17.6. The molecule has 0 amide bonds. The molecular formula is C23H28O. The first-order chi connectivity index (χ1) is 11.2. The van der Waals surface area contributed by atoms with Crippen molar-refractivity contribution in [1.29, 1.82) is 0 Å². The number of benzene rings is 2. The van der Waals surface area contributed by atoms with E-state index in [9.17, 15) is 0 Å². The second-order valence-electron chi connectivity index (χ2n) is 8.21. The summed E-state index contributed by atoms with van der Waals surface area (Å²) in [7, 11) is 1.77. The summed E-state index contributed by atoms with van der Waals surface area (Å²) >= 11 is 0. The van der Waals surface area contributed by atoms with Crippen LogP contribution in [-0.4, -0.2) is 7.11 Å². The first-order valence-corrected chi connectivity index (χ1v) is 8.70. The highest BCUT2D eigenvalue weighted by molar-refractivity contribution is 5.83. The third kappa shape index (κ3) is 2.77. The lowest BCUT2D eigenvalue weighted by atomic mass is 9.72. The molecular weight excluding hydrogens is 292 g/mol. The van der Waals surface area contributed by atoms with Crippen LogP contribution < -0.4 is 4.74 Å². The van der Waals surface area contributed by atoms with E-state index < -0.39 is 0 Å². The molecule has 126 valence electrons. The van der Waals surface area contributed by atoms with E-state index in [4.69, 9.17) is 4.74 Å². The molecule has 3 rings (SSSR count). The van der Waals surface area contributed by atoms with Gasteiger partial charge in [0.1, 0.15) is 5.75 Å². The fraction of sp³-hybridized carbons (Fsp3) is 0.391. The highest BCUT2D eigenvalue weighted by atomic mass is 16.5. The van der Waals surface area contributed by atoms with Crippen LogP contribution in [0.3, 0.4) is 0 Å². The molecule has 1 aliphatic rings. The third-order valence-electron chi connectivity index (χ3n) is 4.96. The molecule has 2 aromatic carbocycles. The average Bonchev–Trinajstić information content (AvgIpc) is 2.80. The third-order valence-corrected chi connectivity index (χ3v) is 4.96. The summed E-state index contributed by atoms with van der Waals surface area (Å²) in [5.41, 5.74) is 9.47. The highest BCUT2D eigenvalue weighted by Gasteiger charge is 2.36. The second kappa shape index (κ2) is 5.81. The highest BCUT2D eigenvalue weighted by Crippen LogP contribution is 2.52. The van der Waals surface area contributed by atoms with Gasteiger partial charge < -0.3 is 4.74 Å². The summed E-state index contributed by atoms with van der Waals surface area (Å²) in [6.45, 7) is 13.6. The van der Waals surface area contributed by atoms with Gasteiger partial charge in [-0.25, -0.2) is 0 Å². The van der Waals surface area contributed by atoms with Crippen molar-refractivity contribution in [2.75, 3.05) is 7.11 Å². The fourth-order valence-corrected chi connectivity index (χ4v) is 4.31. The van der Waals surface area contributed by atoms with Gasteiger partial charge >= 0.3 is 0 Å². The van der Waals surface area contributed by atoms with Gasteiger partial charge in [0.2, 0.25) is 0 Å². The maximum Gasteiger partial charge on any atom is 0.127 e. The zero-order valence-corrected chi connectivity index (χ0v) is 15.9. The van der Waals surface area contributed by atoms with Gasteiger partial charge in [-0.15, -0.1) is 0 Å². The fourth-order valence-electron chi connectivity index (χ4n) is 4.31. The molecule has 24 heavy (non-hydrogen) atoms. The van der Waals surface area contributed by atoms with Crippen molar-refractivity contribution < 1.29 is 4.74 Å². The van der Waals surface area contributed by atoms with E-state index in [-0.39, 0.29) is 5.41 Å². The monoisotopic (exact) mass is 320 g/mol. The first-order valence-electron chi connectivity index (χ1n) is 8.70. The normalized spacial score (nSPS) is 16.8. The second-order valence-corrected chi connectivity index (χ2v) is 8.21. The lowest BCUT2D eigenvalue weighted by molar-refractivity contribution is 0.357. The molecule has 1 heteroatoms. The summed E-state index contributed by atoms with van der Waals surface area (Å²) < 4.78 is 5.78. The van der Waals surface area contributed by atoms with Crippen LogP contribution in [0.5, 0.6) is 5.75 Å². The van der Waals surface area contributed by atoms with Crippen molar-refractivity contribution in [2.24, 2.45) is 5.41 Å². The Kier molecular flexibility index (Phi) is 4.07. The number of ether oxygens (including phenoxy) is 1. The molecule has 0 fully saturated rings. The van der Waals surface area contributed by atoms with Crippen LogP contribution in [0.4, 0.5) is 0 Å². The Balaban J connectivity index is 2.33. The minimum absolute atomic E-state index is 0.172. The Hall–Kier alpha value is -2.02. The maximum absolute atomic E-state index is 5.78. The molecule has 0 aromatic heterocycles. The van der Waals surface area contributed by atoms with Crippen LogP contribution in [-0.2, 0) is 0 Å². The summed E-state index contributed by atoms with van der Waals surface area (Å²) in [4.78, 5) is 0. The number of aryl methyl sites for hydroxylation is 2. The van der Waals surface area contributed by atoms with Crippen molar-refractivity contribution in [3.05, 3.63) is 58.2 Å². The Morgan fingerprint density at radius 2 is 1.54 bits per heavy atom. The molecule has 0 radical (unpaired) electrons. The molecule has 0 spiro atoms. The van der Waals surface area contributed by atoms with Crippen LogP contribution >= 0.6 is 0 Å². The predicted octanol–water partition coefficient (Wildman–Crippen LogP) is 6.53. The SMILES string of the molecule is COc1ccc2c(c1-c1cc(C)cc(C)c1)C(C(C)(C)C)C(C)=C2. The Labute approximate surface area is 146 Å².